The monoisotopic (exact) mass is 204 g/mol. The van der Waals surface area contributed by atoms with Crippen LogP contribution in [-0.4, -0.2) is 21.9 Å². The Balaban J connectivity index is 2.45. The highest BCUT2D eigenvalue weighted by molar-refractivity contribution is 5.72. The number of aromatic amines is 1. The first kappa shape index (κ1) is 9.58. The number of benzene rings is 1. The number of nitrogens with zero attached hydrogens (tertiary/aromatic N) is 1. The van der Waals surface area contributed by atoms with E-state index in [1.165, 1.54) is 0 Å². The maximum atomic E-state index is 9.93. The third kappa shape index (κ3) is 1.79. The van der Waals surface area contributed by atoms with Gasteiger partial charge in [-0.05, 0) is 13.0 Å². The number of rotatable bonds is 3. The van der Waals surface area contributed by atoms with Crippen LogP contribution in [0.2, 0.25) is 0 Å². The van der Waals surface area contributed by atoms with Crippen molar-refractivity contribution >= 4 is 0 Å². The fraction of sp³-hybridized carbons (Fsp3) is 0.182. The summed E-state index contributed by atoms with van der Waals surface area (Å²) in [6.07, 6.45) is 3.38. The Morgan fingerprint density at radius 1 is 1.47 bits per heavy atom. The van der Waals surface area contributed by atoms with E-state index in [1.807, 2.05) is 19.1 Å². The van der Waals surface area contributed by atoms with E-state index in [9.17, 15) is 5.11 Å². The molecule has 0 aliphatic rings. The van der Waals surface area contributed by atoms with Crippen LogP contribution < -0.4 is 4.74 Å². The minimum absolute atomic E-state index is 0.153. The van der Waals surface area contributed by atoms with E-state index in [4.69, 9.17) is 4.74 Å². The lowest BCUT2D eigenvalue weighted by molar-refractivity contribution is 0.319. The topological polar surface area (TPSA) is 58.1 Å². The van der Waals surface area contributed by atoms with Gasteiger partial charge in [0.1, 0.15) is 0 Å². The molecule has 78 valence electrons. The summed E-state index contributed by atoms with van der Waals surface area (Å²) in [5.41, 5.74) is 1.56. The van der Waals surface area contributed by atoms with Gasteiger partial charge in [-0.15, -0.1) is 0 Å². The fourth-order valence-electron chi connectivity index (χ4n) is 1.43. The van der Waals surface area contributed by atoms with E-state index in [1.54, 1.807) is 18.5 Å². The Kier molecular flexibility index (Phi) is 2.58. The van der Waals surface area contributed by atoms with Gasteiger partial charge in [0, 0.05) is 17.3 Å². The number of hydrogen-bond acceptors (Lipinski definition) is 3. The number of phenols is 1. The van der Waals surface area contributed by atoms with Gasteiger partial charge in [-0.1, -0.05) is 12.1 Å². The molecule has 0 aliphatic heterocycles. The first-order chi connectivity index (χ1) is 7.33. The van der Waals surface area contributed by atoms with Crippen molar-refractivity contribution in [2.45, 2.75) is 6.92 Å². The molecule has 2 aromatic rings. The zero-order chi connectivity index (χ0) is 10.7. The molecule has 2 rings (SSSR count). The molecule has 1 heterocycles. The Morgan fingerprint density at radius 3 is 3.00 bits per heavy atom. The van der Waals surface area contributed by atoms with Gasteiger partial charge < -0.3 is 9.84 Å². The van der Waals surface area contributed by atoms with E-state index < -0.39 is 0 Å². The van der Waals surface area contributed by atoms with Gasteiger partial charge in [0.05, 0.1) is 12.8 Å². The minimum Gasteiger partial charge on any atom is -0.504 e. The summed E-state index contributed by atoms with van der Waals surface area (Å²) in [6, 6.07) is 5.40. The number of aromatic nitrogens is 2. The third-order valence-corrected chi connectivity index (χ3v) is 2.11. The zero-order valence-electron chi connectivity index (χ0n) is 8.40. The Labute approximate surface area is 87.5 Å². The van der Waals surface area contributed by atoms with Crippen molar-refractivity contribution < 1.29 is 9.84 Å². The average Bonchev–Trinajstić information content (AvgIpc) is 2.74. The zero-order valence-corrected chi connectivity index (χ0v) is 8.40. The van der Waals surface area contributed by atoms with E-state index in [2.05, 4.69) is 10.2 Å². The smallest absolute Gasteiger partial charge is 0.165 e. The molecule has 2 N–H and O–H groups in total. The molecule has 0 bridgehead atoms. The van der Waals surface area contributed by atoms with Crippen molar-refractivity contribution in [1.29, 1.82) is 0 Å². The fourth-order valence-corrected chi connectivity index (χ4v) is 1.43. The lowest BCUT2D eigenvalue weighted by Crippen LogP contribution is -1.92. The number of H-pyrrole nitrogens is 1. The molecule has 0 atom stereocenters. The van der Waals surface area contributed by atoms with Crippen LogP contribution in [0.15, 0.2) is 30.6 Å². The largest absolute Gasteiger partial charge is 0.504 e. The van der Waals surface area contributed by atoms with Crippen molar-refractivity contribution in [3.05, 3.63) is 30.6 Å². The summed E-state index contributed by atoms with van der Waals surface area (Å²) in [5, 5.41) is 16.5. The minimum atomic E-state index is 0.153. The molecular weight excluding hydrogens is 192 g/mol. The third-order valence-electron chi connectivity index (χ3n) is 2.11. The number of para-hydroxylation sites is 1. The molecule has 0 fully saturated rings. The van der Waals surface area contributed by atoms with Crippen LogP contribution in [0, 0.1) is 0 Å². The van der Waals surface area contributed by atoms with Crippen molar-refractivity contribution in [2.75, 3.05) is 6.61 Å². The molecule has 0 spiro atoms. The number of hydrogen-bond donors (Lipinski definition) is 2. The molecule has 4 nitrogen and oxygen atoms in total. The van der Waals surface area contributed by atoms with Gasteiger partial charge in [0.2, 0.25) is 0 Å². The molecule has 0 saturated carbocycles. The quantitative estimate of drug-likeness (QED) is 0.805. The summed E-state index contributed by atoms with van der Waals surface area (Å²) in [5.74, 6) is 0.650. The average molecular weight is 204 g/mol. The number of ether oxygens (including phenoxy) is 1. The predicted molar refractivity (Wildman–Crippen MR) is 56.9 cm³/mol. The second kappa shape index (κ2) is 4.04. The highest BCUT2D eigenvalue weighted by Crippen LogP contribution is 2.36. The predicted octanol–water partition coefficient (Wildman–Crippen LogP) is 2.18. The molecule has 1 aromatic carbocycles. The highest BCUT2D eigenvalue weighted by Gasteiger charge is 2.09. The summed E-state index contributed by atoms with van der Waals surface area (Å²) in [4.78, 5) is 0. The Morgan fingerprint density at radius 2 is 2.33 bits per heavy atom. The molecule has 0 amide bonds. The second-order valence-electron chi connectivity index (χ2n) is 3.07. The van der Waals surface area contributed by atoms with Crippen molar-refractivity contribution in [3.8, 4) is 22.6 Å². The first-order valence-corrected chi connectivity index (χ1v) is 4.77. The number of aromatic hydroxyl groups is 1. The van der Waals surface area contributed by atoms with Crippen LogP contribution in [0.5, 0.6) is 11.5 Å². The molecule has 15 heavy (non-hydrogen) atoms. The lowest BCUT2D eigenvalue weighted by atomic mass is 10.1. The molecular formula is C11H12N2O2. The Hall–Kier alpha value is -1.97. The van der Waals surface area contributed by atoms with Crippen LogP contribution in [0.3, 0.4) is 0 Å². The van der Waals surface area contributed by atoms with E-state index in [0.717, 1.165) is 11.1 Å². The Bertz CT molecular complexity index is 438. The van der Waals surface area contributed by atoms with Crippen LogP contribution >= 0.6 is 0 Å². The van der Waals surface area contributed by atoms with Crippen LogP contribution in [-0.2, 0) is 0 Å². The second-order valence-corrected chi connectivity index (χ2v) is 3.07. The van der Waals surface area contributed by atoms with Crippen LogP contribution in [0.4, 0.5) is 0 Å². The molecule has 0 radical (unpaired) electrons. The standard InChI is InChI=1S/C11H12N2O2/c1-2-15-10-5-3-4-9(11(10)14)8-6-12-13-7-8/h3-7,14H,2H2,1H3,(H,12,13). The molecule has 0 unspecified atom stereocenters. The van der Waals surface area contributed by atoms with E-state index >= 15 is 0 Å². The molecule has 0 saturated heterocycles. The molecule has 1 aromatic heterocycles. The summed E-state index contributed by atoms with van der Waals surface area (Å²) < 4.78 is 5.29. The van der Waals surface area contributed by atoms with Gasteiger partial charge in [0.15, 0.2) is 11.5 Å². The summed E-state index contributed by atoms with van der Waals surface area (Å²) in [6.45, 7) is 2.41. The molecule has 4 heteroatoms. The number of nitrogens with one attached hydrogen (secondary N) is 1. The number of phenolic OH excluding ortho intramolecular Hbond substituents is 1. The van der Waals surface area contributed by atoms with Crippen molar-refractivity contribution in [2.24, 2.45) is 0 Å². The lowest BCUT2D eigenvalue weighted by Gasteiger charge is -2.08. The highest BCUT2D eigenvalue weighted by atomic mass is 16.5. The van der Waals surface area contributed by atoms with Crippen LogP contribution in [0.25, 0.3) is 11.1 Å². The van der Waals surface area contributed by atoms with Gasteiger partial charge in [-0.2, -0.15) is 5.10 Å². The van der Waals surface area contributed by atoms with E-state index in [0.29, 0.717) is 12.4 Å². The van der Waals surface area contributed by atoms with Gasteiger partial charge in [-0.25, -0.2) is 0 Å². The SMILES string of the molecule is CCOc1cccc(-c2cn[nH]c2)c1O. The van der Waals surface area contributed by atoms with Crippen molar-refractivity contribution in [3.63, 3.8) is 0 Å². The van der Waals surface area contributed by atoms with Gasteiger partial charge >= 0.3 is 0 Å². The summed E-state index contributed by atoms with van der Waals surface area (Å²) in [7, 11) is 0. The van der Waals surface area contributed by atoms with Crippen LogP contribution in [0.1, 0.15) is 6.92 Å². The van der Waals surface area contributed by atoms with Gasteiger partial charge in [0.25, 0.3) is 0 Å². The first-order valence-electron chi connectivity index (χ1n) is 4.77. The molecule has 0 aliphatic carbocycles. The van der Waals surface area contributed by atoms with Crippen molar-refractivity contribution in [1.82, 2.24) is 10.2 Å². The summed E-state index contributed by atoms with van der Waals surface area (Å²) >= 11 is 0. The maximum Gasteiger partial charge on any atom is 0.165 e. The maximum absolute atomic E-state index is 9.93. The van der Waals surface area contributed by atoms with E-state index in [-0.39, 0.29) is 5.75 Å². The normalized spacial score (nSPS) is 10.2. The van der Waals surface area contributed by atoms with Gasteiger partial charge in [-0.3, -0.25) is 5.10 Å².